The molecule has 0 aliphatic rings. The number of fused-ring (bicyclic) bond motifs is 1. The zero-order valence-electron chi connectivity index (χ0n) is 9.98. The molecule has 0 aliphatic heterocycles. The number of benzene rings is 1. The molecule has 0 amide bonds. The van der Waals surface area contributed by atoms with Crippen LogP contribution in [0, 0.1) is 5.82 Å². The lowest BCUT2D eigenvalue weighted by Crippen LogP contribution is -2.27. The second kappa shape index (κ2) is 4.25. The maximum Gasteiger partial charge on any atom is 0.352 e. The van der Waals surface area contributed by atoms with E-state index in [1.807, 2.05) is 0 Å². The maximum atomic E-state index is 13.1. The highest BCUT2D eigenvalue weighted by molar-refractivity contribution is 5.92. The number of pyridine rings is 1. The maximum absolute atomic E-state index is 13.1. The lowest BCUT2D eigenvalue weighted by molar-refractivity contribution is 0.0682. The van der Waals surface area contributed by atoms with E-state index in [1.54, 1.807) is 13.8 Å². The Balaban J connectivity index is 2.94. The summed E-state index contributed by atoms with van der Waals surface area (Å²) in [6, 6.07) is 4.76. The van der Waals surface area contributed by atoms with Crippen LogP contribution < -0.4 is 5.56 Å². The molecule has 1 aromatic carbocycles. The average Bonchev–Trinajstić information content (AvgIpc) is 2.27. The molecule has 1 N–H and O–H groups in total. The summed E-state index contributed by atoms with van der Waals surface area (Å²) in [6.45, 7) is 3.45. The molecular formula is C13H12FNO3. The first-order chi connectivity index (χ1) is 8.41. The minimum Gasteiger partial charge on any atom is -0.477 e. The molecule has 2 aromatic rings. The highest BCUT2D eigenvalue weighted by atomic mass is 19.1. The summed E-state index contributed by atoms with van der Waals surface area (Å²) in [7, 11) is 0. The van der Waals surface area contributed by atoms with E-state index in [0.29, 0.717) is 10.8 Å². The Morgan fingerprint density at radius 1 is 1.33 bits per heavy atom. The molecule has 0 bridgehead atoms. The summed E-state index contributed by atoms with van der Waals surface area (Å²) < 4.78 is 14.3. The number of hydrogen-bond donors (Lipinski definition) is 1. The van der Waals surface area contributed by atoms with Gasteiger partial charge in [0.05, 0.1) is 0 Å². The minimum absolute atomic E-state index is 0.131. The first-order valence-corrected chi connectivity index (χ1v) is 5.50. The number of carbonyl (C=O) groups is 1. The van der Waals surface area contributed by atoms with Crippen LogP contribution in [0.2, 0.25) is 0 Å². The van der Waals surface area contributed by atoms with Crippen LogP contribution in [0.1, 0.15) is 30.4 Å². The zero-order chi connectivity index (χ0) is 13.4. The SMILES string of the molecule is CC(C)n1c(C(=O)O)cc2cc(F)ccc2c1=O. The number of nitrogens with zero attached hydrogens (tertiary/aromatic N) is 1. The smallest absolute Gasteiger partial charge is 0.352 e. The molecule has 1 heterocycles. The molecule has 0 saturated heterocycles. The Morgan fingerprint density at radius 3 is 2.56 bits per heavy atom. The molecule has 94 valence electrons. The number of aromatic nitrogens is 1. The summed E-state index contributed by atoms with van der Waals surface area (Å²) in [5.74, 6) is -1.70. The lowest BCUT2D eigenvalue weighted by atomic mass is 10.1. The molecule has 0 aliphatic carbocycles. The second-order valence-electron chi connectivity index (χ2n) is 4.34. The van der Waals surface area contributed by atoms with E-state index in [9.17, 15) is 14.0 Å². The van der Waals surface area contributed by atoms with Crippen LogP contribution in [0.15, 0.2) is 29.1 Å². The van der Waals surface area contributed by atoms with Crippen LogP contribution in [0.3, 0.4) is 0 Å². The lowest BCUT2D eigenvalue weighted by Gasteiger charge is -2.14. The molecule has 0 atom stereocenters. The van der Waals surface area contributed by atoms with E-state index in [-0.39, 0.29) is 11.7 Å². The fourth-order valence-electron chi connectivity index (χ4n) is 1.98. The van der Waals surface area contributed by atoms with Gasteiger partial charge in [0.2, 0.25) is 0 Å². The fourth-order valence-corrected chi connectivity index (χ4v) is 1.98. The van der Waals surface area contributed by atoms with Crippen molar-refractivity contribution >= 4 is 16.7 Å². The van der Waals surface area contributed by atoms with Gasteiger partial charge >= 0.3 is 5.97 Å². The highest BCUT2D eigenvalue weighted by Crippen LogP contribution is 2.16. The summed E-state index contributed by atoms with van der Waals surface area (Å²) >= 11 is 0. The first kappa shape index (κ1) is 12.3. The number of carboxylic acids is 1. The Kier molecular flexibility index (Phi) is 2.90. The quantitative estimate of drug-likeness (QED) is 0.889. The van der Waals surface area contributed by atoms with Gasteiger partial charge in [-0.1, -0.05) is 0 Å². The molecule has 0 fully saturated rings. The van der Waals surface area contributed by atoms with Gasteiger partial charge in [0, 0.05) is 11.4 Å². The van der Waals surface area contributed by atoms with Gasteiger partial charge in [0.15, 0.2) is 0 Å². The van der Waals surface area contributed by atoms with E-state index >= 15 is 0 Å². The molecule has 0 saturated carbocycles. The summed E-state index contributed by atoms with van der Waals surface area (Å²) in [5.41, 5.74) is -0.548. The van der Waals surface area contributed by atoms with Crippen molar-refractivity contribution in [1.82, 2.24) is 4.57 Å². The van der Waals surface area contributed by atoms with Crippen molar-refractivity contribution in [3.8, 4) is 0 Å². The Hall–Kier alpha value is -2.17. The highest BCUT2D eigenvalue weighted by Gasteiger charge is 2.16. The van der Waals surface area contributed by atoms with Crippen molar-refractivity contribution in [3.05, 3.63) is 46.1 Å². The van der Waals surface area contributed by atoms with E-state index in [1.165, 1.54) is 22.8 Å². The normalized spacial score (nSPS) is 11.1. The molecule has 1 aromatic heterocycles. The zero-order valence-corrected chi connectivity index (χ0v) is 9.98. The molecule has 0 unspecified atom stereocenters. The summed E-state index contributed by atoms with van der Waals surface area (Å²) in [5, 5.41) is 9.73. The van der Waals surface area contributed by atoms with Gasteiger partial charge in [0.25, 0.3) is 5.56 Å². The van der Waals surface area contributed by atoms with Crippen LogP contribution in [0.5, 0.6) is 0 Å². The van der Waals surface area contributed by atoms with Crippen LogP contribution in [0.25, 0.3) is 10.8 Å². The van der Waals surface area contributed by atoms with E-state index in [4.69, 9.17) is 5.11 Å². The third-order valence-electron chi connectivity index (χ3n) is 2.75. The van der Waals surface area contributed by atoms with Gasteiger partial charge < -0.3 is 5.11 Å². The predicted octanol–water partition coefficient (Wildman–Crippen LogP) is 2.42. The van der Waals surface area contributed by atoms with Crippen molar-refractivity contribution in [1.29, 1.82) is 0 Å². The Bertz CT molecular complexity index is 688. The molecular weight excluding hydrogens is 237 g/mol. The van der Waals surface area contributed by atoms with Crippen molar-refractivity contribution in [2.24, 2.45) is 0 Å². The third-order valence-corrected chi connectivity index (χ3v) is 2.75. The predicted molar refractivity (Wildman–Crippen MR) is 65.5 cm³/mol. The van der Waals surface area contributed by atoms with Gasteiger partial charge in [0.1, 0.15) is 11.5 Å². The van der Waals surface area contributed by atoms with Gasteiger partial charge in [-0.25, -0.2) is 9.18 Å². The molecule has 18 heavy (non-hydrogen) atoms. The first-order valence-electron chi connectivity index (χ1n) is 5.50. The van der Waals surface area contributed by atoms with Gasteiger partial charge in [-0.2, -0.15) is 0 Å². The molecule has 0 spiro atoms. The standard InChI is InChI=1S/C13H12FNO3/c1-7(2)15-11(13(17)18)6-8-5-9(14)3-4-10(8)12(15)16/h3-7H,1-2H3,(H,17,18). The van der Waals surface area contributed by atoms with Crippen LogP contribution >= 0.6 is 0 Å². The number of carboxylic acid groups (broad SMARTS) is 1. The Labute approximate surface area is 102 Å². The van der Waals surface area contributed by atoms with Gasteiger partial charge in [-0.05, 0) is 43.5 Å². The Morgan fingerprint density at radius 2 is 2.00 bits per heavy atom. The van der Waals surface area contributed by atoms with Crippen LogP contribution in [0.4, 0.5) is 4.39 Å². The topological polar surface area (TPSA) is 59.3 Å². The van der Waals surface area contributed by atoms with E-state index in [0.717, 1.165) is 6.07 Å². The number of rotatable bonds is 2. The van der Waals surface area contributed by atoms with Gasteiger partial charge in [-0.3, -0.25) is 9.36 Å². The molecule has 2 rings (SSSR count). The van der Waals surface area contributed by atoms with Gasteiger partial charge in [-0.15, -0.1) is 0 Å². The van der Waals surface area contributed by atoms with Crippen LogP contribution in [-0.2, 0) is 0 Å². The summed E-state index contributed by atoms with van der Waals surface area (Å²) in [6.07, 6.45) is 0. The van der Waals surface area contributed by atoms with Crippen molar-refractivity contribution in [2.45, 2.75) is 19.9 Å². The average molecular weight is 249 g/mol. The van der Waals surface area contributed by atoms with E-state index in [2.05, 4.69) is 0 Å². The monoisotopic (exact) mass is 249 g/mol. The number of hydrogen-bond acceptors (Lipinski definition) is 2. The summed E-state index contributed by atoms with van der Waals surface area (Å²) in [4.78, 5) is 23.3. The minimum atomic E-state index is -1.20. The van der Waals surface area contributed by atoms with Crippen molar-refractivity contribution < 1.29 is 14.3 Å². The van der Waals surface area contributed by atoms with Crippen LogP contribution in [-0.4, -0.2) is 15.6 Å². The molecule has 4 nitrogen and oxygen atoms in total. The largest absolute Gasteiger partial charge is 0.477 e. The van der Waals surface area contributed by atoms with Crippen molar-refractivity contribution in [3.63, 3.8) is 0 Å². The number of halogens is 1. The number of aromatic carboxylic acids is 1. The molecule has 5 heteroatoms. The van der Waals surface area contributed by atoms with E-state index < -0.39 is 17.3 Å². The second-order valence-corrected chi connectivity index (χ2v) is 4.34. The third kappa shape index (κ3) is 1.88. The fraction of sp³-hybridized carbons (Fsp3) is 0.231. The van der Waals surface area contributed by atoms with Crippen molar-refractivity contribution in [2.75, 3.05) is 0 Å². The molecule has 0 radical (unpaired) electrons.